The molecule has 0 aliphatic heterocycles. The maximum Gasteiger partial charge on any atom is 0.238 e. The van der Waals surface area contributed by atoms with Gasteiger partial charge in [-0.1, -0.05) is 13.8 Å². The predicted molar refractivity (Wildman–Crippen MR) is 76.4 cm³/mol. The van der Waals surface area contributed by atoms with Crippen LogP contribution in [0.4, 0.5) is 0 Å². The van der Waals surface area contributed by atoms with Crippen molar-refractivity contribution in [2.24, 2.45) is 5.92 Å². The minimum atomic E-state index is -3.42. The molecule has 0 radical (unpaired) electrons. The first kappa shape index (κ1) is 16.7. The molecule has 114 valence electrons. The summed E-state index contributed by atoms with van der Waals surface area (Å²) >= 11 is 0. The molecule has 0 bridgehead atoms. The second-order valence-electron chi connectivity index (χ2n) is 5.00. The highest BCUT2D eigenvalue weighted by molar-refractivity contribution is 7.89. The summed E-state index contributed by atoms with van der Waals surface area (Å²) in [5, 5.41) is 2.68. The van der Waals surface area contributed by atoms with Gasteiger partial charge in [0.1, 0.15) is 11.8 Å². The van der Waals surface area contributed by atoms with E-state index in [2.05, 4.69) is 10.0 Å². The lowest BCUT2D eigenvalue weighted by molar-refractivity contribution is -0.123. The molecule has 1 aromatic heterocycles. The largest absolute Gasteiger partial charge is 0.467 e. The lowest BCUT2D eigenvalue weighted by Gasteiger charge is -2.19. The first-order valence-electron chi connectivity index (χ1n) is 6.64. The minimum absolute atomic E-state index is 0.0486. The predicted octanol–water partition coefficient (Wildman–Crippen LogP) is 1.25. The van der Waals surface area contributed by atoms with Gasteiger partial charge in [0.2, 0.25) is 15.9 Å². The molecule has 0 aliphatic rings. The summed E-state index contributed by atoms with van der Waals surface area (Å²) < 4.78 is 30.8. The smallest absolute Gasteiger partial charge is 0.238 e. The number of hydrogen-bond acceptors (Lipinski definition) is 4. The van der Waals surface area contributed by atoms with Crippen LogP contribution >= 0.6 is 0 Å². The van der Waals surface area contributed by atoms with Crippen LogP contribution in [0.1, 0.15) is 33.0 Å². The van der Waals surface area contributed by atoms with Gasteiger partial charge in [0.25, 0.3) is 0 Å². The summed E-state index contributed by atoms with van der Waals surface area (Å²) in [7, 11) is -3.42. The van der Waals surface area contributed by atoms with Crippen molar-refractivity contribution >= 4 is 15.9 Å². The van der Waals surface area contributed by atoms with Gasteiger partial charge in [0.05, 0.1) is 18.6 Å². The Balaban J connectivity index is 2.64. The fraction of sp³-hybridized carbons (Fsp3) is 0.615. The number of furan rings is 1. The molecule has 0 spiro atoms. The molecule has 1 amide bonds. The summed E-state index contributed by atoms with van der Waals surface area (Å²) in [6, 6.07) is 2.72. The summed E-state index contributed by atoms with van der Waals surface area (Å²) in [6.45, 7) is 5.66. The number of amides is 1. The lowest BCUT2D eigenvalue weighted by atomic mass is 10.0. The van der Waals surface area contributed by atoms with Gasteiger partial charge < -0.3 is 9.73 Å². The van der Waals surface area contributed by atoms with Crippen LogP contribution in [-0.2, 0) is 21.4 Å². The van der Waals surface area contributed by atoms with Crippen LogP contribution in [0.2, 0.25) is 0 Å². The molecule has 1 aromatic rings. The Labute approximate surface area is 120 Å². The van der Waals surface area contributed by atoms with Gasteiger partial charge >= 0.3 is 0 Å². The van der Waals surface area contributed by atoms with Crippen LogP contribution in [0.15, 0.2) is 22.8 Å². The van der Waals surface area contributed by atoms with Crippen molar-refractivity contribution in [1.82, 2.24) is 10.0 Å². The van der Waals surface area contributed by atoms with Gasteiger partial charge in [0, 0.05) is 0 Å². The van der Waals surface area contributed by atoms with E-state index in [9.17, 15) is 13.2 Å². The zero-order valence-electron chi connectivity index (χ0n) is 12.0. The van der Waals surface area contributed by atoms with Crippen LogP contribution in [0, 0.1) is 5.92 Å². The molecule has 2 N–H and O–H groups in total. The van der Waals surface area contributed by atoms with E-state index in [1.807, 2.05) is 13.8 Å². The Morgan fingerprint density at radius 3 is 2.60 bits per heavy atom. The molecule has 0 saturated carbocycles. The molecule has 0 fully saturated rings. The first-order valence-corrected chi connectivity index (χ1v) is 8.29. The zero-order valence-corrected chi connectivity index (χ0v) is 12.9. The molecular weight excluding hydrogens is 280 g/mol. The average Bonchev–Trinajstić information content (AvgIpc) is 2.87. The molecular formula is C13H22N2O4S. The first-order chi connectivity index (χ1) is 9.34. The average molecular weight is 302 g/mol. The molecule has 7 heteroatoms. The van der Waals surface area contributed by atoms with Gasteiger partial charge in [-0.3, -0.25) is 4.79 Å². The third-order valence-electron chi connectivity index (χ3n) is 2.74. The van der Waals surface area contributed by atoms with Gasteiger partial charge in [-0.05, 0) is 31.4 Å². The molecule has 0 aromatic carbocycles. The molecule has 1 atom stereocenters. The number of carbonyl (C=O) groups is 1. The fourth-order valence-electron chi connectivity index (χ4n) is 1.69. The second-order valence-corrected chi connectivity index (χ2v) is 7.04. The number of sulfonamides is 1. The Morgan fingerprint density at radius 2 is 2.10 bits per heavy atom. The van der Waals surface area contributed by atoms with E-state index in [1.54, 1.807) is 12.1 Å². The van der Waals surface area contributed by atoms with Crippen LogP contribution in [-0.4, -0.2) is 26.1 Å². The maximum atomic E-state index is 12.1. The van der Waals surface area contributed by atoms with Crippen LogP contribution in [0.25, 0.3) is 0 Å². The number of rotatable bonds is 8. The SMILES string of the molecule is CCS(=O)(=O)N[C@H](CC(C)C)C(=O)NCc1ccco1. The van der Waals surface area contributed by atoms with Gasteiger partial charge in [0.15, 0.2) is 0 Å². The topological polar surface area (TPSA) is 88.4 Å². The van der Waals surface area contributed by atoms with Crippen molar-refractivity contribution < 1.29 is 17.6 Å². The highest BCUT2D eigenvalue weighted by atomic mass is 32.2. The standard InChI is InChI=1S/C13H22N2O4S/c1-4-20(17,18)15-12(8-10(2)3)13(16)14-9-11-6-5-7-19-11/h5-7,10,12,15H,4,8-9H2,1-3H3,(H,14,16)/t12-/m1/s1. The summed E-state index contributed by atoms with van der Waals surface area (Å²) in [6.07, 6.45) is 1.97. The monoisotopic (exact) mass is 302 g/mol. The number of nitrogens with one attached hydrogen (secondary N) is 2. The van der Waals surface area contributed by atoms with Crippen molar-refractivity contribution in [1.29, 1.82) is 0 Å². The highest BCUT2D eigenvalue weighted by Crippen LogP contribution is 2.07. The second kappa shape index (κ2) is 7.44. The Hall–Kier alpha value is -1.34. The van der Waals surface area contributed by atoms with Gasteiger partial charge in [-0.2, -0.15) is 0 Å². The Kier molecular flexibility index (Phi) is 6.22. The van der Waals surface area contributed by atoms with E-state index in [1.165, 1.54) is 13.2 Å². The van der Waals surface area contributed by atoms with Crippen molar-refractivity contribution in [2.75, 3.05) is 5.75 Å². The van der Waals surface area contributed by atoms with Crippen molar-refractivity contribution in [2.45, 2.75) is 39.8 Å². The van der Waals surface area contributed by atoms with E-state index >= 15 is 0 Å². The van der Waals surface area contributed by atoms with E-state index in [0.29, 0.717) is 12.2 Å². The number of hydrogen-bond donors (Lipinski definition) is 2. The number of carbonyl (C=O) groups excluding carboxylic acids is 1. The molecule has 20 heavy (non-hydrogen) atoms. The minimum Gasteiger partial charge on any atom is -0.467 e. The third-order valence-corrected chi connectivity index (χ3v) is 4.15. The van der Waals surface area contributed by atoms with Gasteiger partial charge in [-0.15, -0.1) is 0 Å². The van der Waals surface area contributed by atoms with E-state index in [4.69, 9.17) is 4.42 Å². The third kappa shape index (κ3) is 5.75. The normalized spacial score (nSPS) is 13.4. The molecule has 6 nitrogen and oxygen atoms in total. The van der Waals surface area contributed by atoms with Crippen molar-refractivity contribution in [3.8, 4) is 0 Å². The summed E-state index contributed by atoms with van der Waals surface area (Å²) in [5.41, 5.74) is 0. The molecule has 0 saturated heterocycles. The van der Waals surface area contributed by atoms with Gasteiger partial charge in [-0.25, -0.2) is 13.1 Å². The fourth-order valence-corrected chi connectivity index (χ4v) is 2.49. The molecule has 1 rings (SSSR count). The molecule has 1 heterocycles. The summed E-state index contributed by atoms with van der Waals surface area (Å²) in [4.78, 5) is 12.1. The quantitative estimate of drug-likeness (QED) is 0.756. The van der Waals surface area contributed by atoms with E-state index in [0.717, 1.165) is 0 Å². The van der Waals surface area contributed by atoms with E-state index < -0.39 is 16.1 Å². The molecule has 0 unspecified atom stereocenters. The Bertz CT molecular complexity index is 508. The van der Waals surface area contributed by atoms with Crippen LogP contribution < -0.4 is 10.0 Å². The van der Waals surface area contributed by atoms with Crippen LogP contribution in [0.3, 0.4) is 0 Å². The molecule has 0 aliphatic carbocycles. The lowest BCUT2D eigenvalue weighted by Crippen LogP contribution is -2.47. The Morgan fingerprint density at radius 1 is 1.40 bits per heavy atom. The van der Waals surface area contributed by atoms with E-state index in [-0.39, 0.29) is 24.1 Å². The van der Waals surface area contributed by atoms with Crippen molar-refractivity contribution in [3.05, 3.63) is 24.2 Å². The zero-order chi connectivity index (χ0) is 15.2. The summed E-state index contributed by atoms with van der Waals surface area (Å²) in [5.74, 6) is 0.439. The maximum absolute atomic E-state index is 12.1. The van der Waals surface area contributed by atoms with Crippen LogP contribution in [0.5, 0.6) is 0 Å². The highest BCUT2D eigenvalue weighted by Gasteiger charge is 2.24. The van der Waals surface area contributed by atoms with Crippen molar-refractivity contribution in [3.63, 3.8) is 0 Å².